The van der Waals surface area contributed by atoms with Gasteiger partial charge in [0.15, 0.2) is 0 Å². The number of nitrogens with one attached hydrogen (secondary N) is 1. The maximum Gasteiger partial charge on any atom is 0.211 e. The lowest BCUT2D eigenvalue weighted by molar-refractivity contribution is 0.187. The zero-order chi connectivity index (χ0) is 25.0. The Hall–Kier alpha value is -1.67. The van der Waals surface area contributed by atoms with Gasteiger partial charge in [-0.15, -0.1) is 0 Å². The molecule has 1 spiro atoms. The molecule has 5 rings (SSSR count). The number of piperidine rings is 1. The van der Waals surface area contributed by atoms with Gasteiger partial charge in [-0.2, -0.15) is 0 Å². The largest absolute Gasteiger partial charge is 0.342 e. The Morgan fingerprint density at radius 3 is 2.63 bits per heavy atom. The highest BCUT2D eigenvalue weighted by Crippen LogP contribution is 2.47. The fraction of sp³-hybridized carbons (Fsp3) is 0.538. The normalized spacial score (nSPS) is 21.2. The number of fused-ring (bicyclic) bond motifs is 1. The molecule has 2 aliphatic rings. The number of nitrogens with zero attached hydrogens (tertiary/aromatic N) is 4. The van der Waals surface area contributed by atoms with E-state index in [1.54, 1.807) is 6.07 Å². The van der Waals surface area contributed by atoms with Crippen LogP contribution in [0, 0.1) is 12.3 Å². The molecule has 1 N–H and O–H groups in total. The van der Waals surface area contributed by atoms with E-state index < -0.39 is 11.0 Å². The van der Waals surface area contributed by atoms with E-state index in [1.165, 1.54) is 12.8 Å². The maximum absolute atomic E-state index is 12.8. The van der Waals surface area contributed by atoms with Gasteiger partial charge in [0, 0.05) is 42.7 Å². The van der Waals surface area contributed by atoms with Crippen molar-refractivity contribution in [1.82, 2.24) is 19.1 Å². The van der Waals surface area contributed by atoms with E-state index in [1.807, 2.05) is 52.2 Å². The molecule has 1 aliphatic heterocycles. The molecule has 0 amide bonds. The second kappa shape index (κ2) is 9.33. The zero-order valence-corrected chi connectivity index (χ0v) is 23.1. The highest BCUT2D eigenvalue weighted by atomic mass is 35.5. The SMILES string of the molecule is Cc1nc(N2CCC3(CCCC3N[S@@](=O)C(C)(C)C)CC2)n2ccnc2c1-c1cccc(Cl)c1Cl. The van der Waals surface area contributed by atoms with Gasteiger partial charge in [-0.1, -0.05) is 41.8 Å². The van der Waals surface area contributed by atoms with Gasteiger partial charge in [-0.3, -0.25) is 4.40 Å². The van der Waals surface area contributed by atoms with E-state index in [0.29, 0.717) is 16.1 Å². The molecular weight excluding hydrogens is 501 g/mol. The summed E-state index contributed by atoms with van der Waals surface area (Å²) >= 11 is 12.9. The monoisotopic (exact) mass is 533 g/mol. The highest BCUT2D eigenvalue weighted by molar-refractivity contribution is 7.84. The zero-order valence-electron chi connectivity index (χ0n) is 20.8. The standard InChI is InChI=1S/C26H33Cl2N5OS/c1-17-21(18-7-5-8-19(27)22(18)28)23-29-13-16-33(23)24(30-17)32-14-11-26(12-15-32)10-6-9-20(26)31-35(34)25(2,3)4/h5,7-8,13,16,20,31H,6,9-12,14-15H2,1-4H3/t20?,35-/m0/s1. The second-order valence-corrected chi connectivity index (χ2v) is 13.7. The average Bonchev–Trinajstić information content (AvgIpc) is 3.44. The number of aryl methyl sites for hydroxylation is 1. The van der Waals surface area contributed by atoms with Gasteiger partial charge in [0.25, 0.3) is 0 Å². The predicted octanol–water partition coefficient (Wildman–Crippen LogP) is 6.20. The minimum atomic E-state index is -1.05. The molecule has 3 heterocycles. The Morgan fingerprint density at radius 2 is 1.91 bits per heavy atom. The topological polar surface area (TPSA) is 62.5 Å². The smallest absolute Gasteiger partial charge is 0.211 e. The Labute approximate surface area is 220 Å². The van der Waals surface area contributed by atoms with Crippen LogP contribution in [0.2, 0.25) is 10.0 Å². The molecule has 1 saturated heterocycles. The predicted molar refractivity (Wildman–Crippen MR) is 146 cm³/mol. The van der Waals surface area contributed by atoms with E-state index in [0.717, 1.165) is 60.8 Å². The molecule has 1 unspecified atom stereocenters. The first-order valence-electron chi connectivity index (χ1n) is 12.3. The molecule has 1 saturated carbocycles. The van der Waals surface area contributed by atoms with Crippen molar-refractivity contribution < 1.29 is 4.21 Å². The minimum Gasteiger partial charge on any atom is -0.342 e. The van der Waals surface area contributed by atoms with E-state index in [-0.39, 0.29) is 10.2 Å². The van der Waals surface area contributed by atoms with Crippen LogP contribution in [0.5, 0.6) is 0 Å². The molecule has 1 aliphatic carbocycles. The summed E-state index contributed by atoms with van der Waals surface area (Å²) in [5.41, 5.74) is 3.66. The summed E-state index contributed by atoms with van der Waals surface area (Å²) in [6, 6.07) is 5.96. The van der Waals surface area contributed by atoms with Crippen molar-refractivity contribution in [2.24, 2.45) is 5.41 Å². The van der Waals surface area contributed by atoms with Crippen LogP contribution in [-0.4, -0.2) is 42.5 Å². The fourth-order valence-electron chi connectivity index (χ4n) is 5.69. The lowest BCUT2D eigenvalue weighted by Gasteiger charge is -2.44. The van der Waals surface area contributed by atoms with Gasteiger partial charge in [-0.05, 0) is 64.9 Å². The fourth-order valence-corrected chi connectivity index (χ4v) is 7.06. The van der Waals surface area contributed by atoms with Gasteiger partial charge in [-0.25, -0.2) is 18.9 Å². The summed E-state index contributed by atoms with van der Waals surface area (Å²) in [5.74, 6) is 0.910. The molecule has 6 nitrogen and oxygen atoms in total. The Balaban J connectivity index is 1.42. The molecule has 0 bridgehead atoms. The summed E-state index contributed by atoms with van der Waals surface area (Å²) in [5, 5.41) is 1.04. The number of imidazole rings is 1. The average molecular weight is 535 g/mol. The molecule has 0 radical (unpaired) electrons. The number of hydrogen-bond donors (Lipinski definition) is 1. The minimum absolute atomic E-state index is 0.203. The van der Waals surface area contributed by atoms with E-state index in [9.17, 15) is 4.21 Å². The number of aromatic nitrogens is 3. The quantitative estimate of drug-likeness (QED) is 0.433. The first kappa shape index (κ1) is 25.0. The molecule has 9 heteroatoms. The van der Waals surface area contributed by atoms with Crippen LogP contribution in [-0.2, 0) is 11.0 Å². The van der Waals surface area contributed by atoms with Gasteiger partial charge in [0.2, 0.25) is 5.95 Å². The van der Waals surface area contributed by atoms with E-state index >= 15 is 0 Å². The highest BCUT2D eigenvalue weighted by Gasteiger charge is 2.46. The Kier molecular flexibility index (Phi) is 6.66. The third-order valence-electron chi connectivity index (χ3n) is 7.68. The van der Waals surface area contributed by atoms with Crippen LogP contribution in [0.15, 0.2) is 30.6 Å². The number of anilines is 1. The lowest BCUT2D eigenvalue weighted by Crippen LogP contribution is -2.51. The molecule has 188 valence electrons. The maximum atomic E-state index is 12.8. The van der Waals surface area contributed by atoms with Crippen molar-refractivity contribution in [2.45, 2.75) is 70.6 Å². The summed E-state index contributed by atoms with van der Waals surface area (Å²) < 4.78 is 18.1. The van der Waals surface area contributed by atoms with Crippen LogP contribution in [0.3, 0.4) is 0 Å². The third-order valence-corrected chi connectivity index (χ3v) is 10.1. The van der Waals surface area contributed by atoms with Crippen LogP contribution in [0.1, 0.15) is 58.6 Å². The molecule has 3 aromatic rings. The van der Waals surface area contributed by atoms with Crippen LogP contribution in [0.4, 0.5) is 5.95 Å². The molecule has 2 aromatic heterocycles. The van der Waals surface area contributed by atoms with Crippen molar-refractivity contribution >= 4 is 45.8 Å². The Bertz CT molecular complexity index is 1280. The molecule has 35 heavy (non-hydrogen) atoms. The van der Waals surface area contributed by atoms with E-state index in [2.05, 4.69) is 19.0 Å². The number of benzene rings is 1. The van der Waals surface area contributed by atoms with E-state index in [4.69, 9.17) is 28.2 Å². The summed E-state index contributed by atoms with van der Waals surface area (Å²) in [6.45, 7) is 9.93. The second-order valence-electron chi connectivity index (χ2n) is 10.9. The van der Waals surface area contributed by atoms with Gasteiger partial charge in [0.1, 0.15) is 5.65 Å². The molecule has 2 atom stereocenters. The first-order valence-corrected chi connectivity index (χ1v) is 14.2. The third kappa shape index (κ3) is 4.50. The van der Waals surface area contributed by atoms with Crippen LogP contribution in [0.25, 0.3) is 16.8 Å². The number of halogens is 2. The molecule has 1 aromatic carbocycles. The van der Waals surface area contributed by atoms with Gasteiger partial charge >= 0.3 is 0 Å². The lowest BCUT2D eigenvalue weighted by atomic mass is 9.74. The number of rotatable bonds is 4. The van der Waals surface area contributed by atoms with Crippen LogP contribution >= 0.6 is 23.2 Å². The molecular formula is C26H33Cl2N5OS. The van der Waals surface area contributed by atoms with Crippen LogP contribution < -0.4 is 9.62 Å². The first-order chi connectivity index (χ1) is 16.6. The van der Waals surface area contributed by atoms with Crippen molar-refractivity contribution in [3.05, 3.63) is 46.3 Å². The summed E-state index contributed by atoms with van der Waals surface area (Å²) in [7, 11) is -1.05. The Morgan fingerprint density at radius 1 is 1.17 bits per heavy atom. The summed E-state index contributed by atoms with van der Waals surface area (Å²) in [6.07, 6.45) is 9.38. The van der Waals surface area contributed by atoms with Crippen molar-refractivity contribution in [3.8, 4) is 11.1 Å². The number of hydrogen-bond acceptors (Lipinski definition) is 4. The van der Waals surface area contributed by atoms with Crippen molar-refractivity contribution in [3.63, 3.8) is 0 Å². The van der Waals surface area contributed by atoms with Gasteiger partial charge < -0.3 is 4.90 Å². The summed E-state index contributed by atoms with van der Waals surface area (Å²) in [4.78, 5) is 12.1. The van der Waals surface area contributed by atoms with Crippen molar-refractivity contribution in [1.29, 1.82) is 0 Å². The van der Waals surface area contributed by atoms with Crippen molar-refractivity contribution in [2.75, 3.05) is 18.0 Å². The molecule has 2 fully saturated rings. The van der Waals surface area contributed by atoms with Gasteiger partial charge in [0.05, 0.1) is 31.5 Å².